The minimum atomic E-state index is -0.303. The molecule has 3 N–H and O–H groups in total. The summed E-state index contributed by atoms with van der Waals surface area (Å²) in [5.74, 6) is -0.321. The van der Waals surface area contributed by atoms with E-state index in [-0.39, 0.29) is 17.8 Å². The summed E-state index contributed by atoms with van der Waals surface area (Å²) in [6.45, 7) is 6.97. The van der Waals surface area contributed by atoms with Gasteiger partial charge in [-0.15, -0.1) is 11.3 Å². The maximum absolute atomic E-state index is 12.9. The molecule has 1 fully saturated rings. The van der Waals surface area contributed by atoms with Gasteiger partial charge in [0.15, 0.2) is 6.04 Å². The van der Waals surface area contributed by atoms with E-state index in [1.165, 1.54) is 26.8 Å². The summed E-state index contributed by atoms with van der Waals surface area (Å²) in [5, 5.41) is 2.87. The highest BCUT2D eigenvalue weighted by Crippen LogP contribution is 2.20. The number of rotatable bonds is 5. The van der Waals surface area contributed by atoms with Crippen molar-refractivity contribution in [2.24, 2.45) is 0 Å². The van der Waals surface area contributed by atoms with Crippen molar-refractivity contribution < 1.29 is 19.0 Å². The molecule has 1 aromatic heterocycles. The molecular weight excluding hydrogens is 361 g/mol. The molecule has 25 heavy (non-hydrogen) atoms. The van der Waals surface area contributed by atoms with Crippen LogP contribution in [0.15, 0.2) is 36.4 Å². The van der Waals surface area contributed by atoms with Crippen molar-refractivity contribution in [2.45, 2.75) is 19.5 Å². The average molecular weight is 384 g/mol. The fraction of sp³-hybridized carbons (Fsp3) is 0.389. The van der Waals surface area contributed by atoms with E-state index in [0.717, 1.165) is 37.1 Å². The molecule has 0 saturated carbocycles. The number of carbonyl (C=O) groups is 1. The molecule has 1 saturated heterocycles. The van der Waals surface area contributed by atoms with Crippen molar-refractivity contribution in [3.63, 3.8) is 0 Å². The highest BCUT2D eigenvalue weighted by Gasteiger charge is 2.31. The monoisotopic (exact) mass is 383 g/mol. The van der Waals surface area contributed by atoms with Crippen molar-refractivity contribution in [3.8, 4) is 0 Å². The second kappa shape index (κ2) is 8.27. The van der Waals surface area contributed by atoms with E-state index in [1.54, 1.807) is 23.5 Å². The fourth-order valence-corrected chi connectivity index (χ4v) is 4.36. The Kier molecular flexibility index (Phi) is 6.06. The lowest BCUT2D eigenvalue weighted by atomic mass is 10.2. The Morgan fingerprint density at radius 2 is 1.88 bits per heavy atom. The number of carbonyl (C=O) groups excluding carboxylic acids is 1. The maximum atomic E-state index is 12.9. The van der Waals surface area contributed by atoms with Crippen LogP contribution in [0.1, 0.15) is 11.8 Å². The molecule has 0 unspecified atom stereocenters. The van der Waals surface area contributed by atoms with E-state index in [0.29, 0.717) is 5.69 Å². The largest absolute Gasteiger partial charge is 0.321 e. The second-order valence-electron chi connectivity index (χ2n) is 6.51. The van der Waals surface area contributed by atoms with Crippen LogP contribution in [-0.4, -0.2) is 38.1 Å². The maximum Gasteiger partial charge on any atom is 0.282 e. The summed E-state index contributed by atoms with van der Waals surface area (Å²) >= 11 is 7.64. The Labute approximate surface area is 156 Å². The van der Waals surface area contributed by atoms with E-state index < -0.39 is 0 Å². The molecule has 0 bridgehead atoms. The first-order chi connectivity index (χ1) is 12.0. The lowest BCUT2D eigenvalue weighted by molar-refractivity contribution is -1.02. The SMILES string of the molecule is C[C@@H](C(=O)Nc1ccc(F)cc1)[NH+]1CC[NH+](Cc2ccc(Cl)s2)CC1. The third-order valence-corrected chi connectivity index (χ3v) is 6.00. The Hall–Kier alpha value is -1.47. The van der Waals surface area contributed by atoms with Crippen LogP contribution in [0, 0.1) is 5.82 Å². The van der Waals surface area contributed by atoms with Crippen LogP contribution in [0.4, 0.5) is 10.1 Å². The topological polar surface area (TPSA) is 38.0 Å². The Bertz CT molecular complexity index is 713. The van der Waals surface area contributed by atoms with Gasteiger partial charge in [0.1, 0.15) is 38.5 Å². The molecule has 1 atom stereocenters. The molecule has 1 amide bonds. The predicted octanol–water partition coefficient (Wildman–Crippen LogP) is 0.851. The lowest BCUT2D eigenvalue weighted by Crippen LogP contribution is -3.29. The fourth-order valence-electron chi connectivity index (χ4n) is 3.20. The molecule has 4 nitrogen and oxygen atoms in total. The zero-order chi connectivity index (χ0) is 17.8. The van der Waals surface area contributed by atoms with Crippen LogP contribution >= 0.6 is 22.9 Å². The first kappa shape index (κ1) is 18.3. The van der Waals surface area contributed by atoms with Crippen molar-refractivity contribution in [1.82, 2.24) is 0 Å². The molecule has 0 aliphatic carbocycles. The highest BCUT2D eigenvalue weighted by atomic mass is 35.5. The first-order valence-corrected chi connectivity index (χ1v) is 9.69. The lowest BCUT2D eigenvalue weighted by Gasteiger charge is -2.32. The summed E-state index contributed by atoms with van der Waals surface area (Å²) in [6, 6.07) is 9.80. The molecule has 0 radical (unpaired) electrons. The van der Waals surface area contributed by atoms with Crippen molar-refractivity contribution in [2.75, 3.05) is 31.5 Å². The van der Waals surface area contributed by atoms with Crippen LogP contribution < -0.4 is 15.1 Å². The molecule has 1 aliphatic rings. The Balaban J connectivity index is 1.48. The minimum absolute atomic E-state index is 0.0184. The molecule has 2 aromatic rings. The van der Waals surface area contributed by atoms with Crippen LogP contribution in [0.25, 0.3) is 0 Å². The number of hydrogen-bond donors (Lipinski definition) is 3. The van der Waals surface area contributed by atoms with E-state index >= 15 is 0 Å². The van der Waals surface area contributed by atoms with Gasteiger partial charge in [0, 0.05) is 5.69 Å². The van der Waals surface area contributed by atoms with Gasteiger partial charge in [-0.05, 0) is 43.3 Å². The smallest absolute Gasteiger partial charge is 0.282 e. The number of anilines is 1. The third kappa shape index (κ3) is 5.01. The van der Waals surface area contributed by atoms with Gasteiger partial charge in [0.2, 0.25) is 0 Å². The zero-order valence-electron chi connectivity index (χ0n) is 14.1. The van der Waals surface area contributed by atoms with Crippen molar-refractivity contribution >= 4 is 34.5 Å². The summed E-state index contributed by atoms with van der Waals surface area (Å²) in [4.78, 5) is 16.6. The predicted molar refractivity (Wildman–Crippen MR) is 98.9 cm³/mol. The van der Waals surface area contributed by atoms with Crippen molar-refractivity contribution in [3.05, 3.63) is 51.4 Å². The Morgan fingerprint density at radius 1 is 1.20 bits per heavy atom. The Morgan fingerprint density at radius 3 is 2.48 bits per heavy atom. The molecule has 2 heterocycles. The van der Waals surface area contributed by atoms with Crippen LogP contribution in [0.2, 0.25) is 4.34 Å². The van der Waals surface area contributed by atoms with E-state index in [4.69, 9.17) is 11.6 Å². The quantitative estimate of drug-likeness (QED) is 0.703. The number of benzene rings is 1. The van der Waals surface area contributed by atoms with Gasteiger partial charge in [-0.1, -0.05) is 11.6 Å². The summed E-state index contributed by atoms with van der Waals surface area (Å²) in [5.41, 5.74) is 0.636. The standard InChI is InChI=1S/C18H21ClFN3OS/c1-13(18(24)21-15-4-2-14(20)3-5-15)23-10-8-22(9-11-23)12-16-6-7-17(19)25-16/h2-7,13H,8-12H2,1H3,(H,21,24)/p+2/t13-/m0/s1. The van der Waals surface area contributed by atoms with Crippen molar-refractivity contribution in [1.29, 1.82) is 0 Å². The van der Waals surface area contributed by atoms with E-state index in [9.17, 15) is 9.18 Å². The molecule has 3 rings (SSSR count). The molecule has 1 aromatic carbocycles. The van der Waals surface area contributed by atoms with Gasteiger partial charge in [-0.2, -0.15) is 0 Å². The number of thiophene rings is 1. The molecule has 134 valence electrons. The van der Waals surface area contributed by atoms with Gasteiger partial charge in [0.05, 0.1) is 9.21 Å². The van der Waals surface area contributed by atoms with Crippen LogP contribution in [0.5, 0.6) is 0 Å². The highest BCUT2D eigenvalue weighted by molar-refractivity contribution is 7.16. The van der Waals surface area contributed by atoms with Gasteiger partial charge < -0.3 is 15.1 Å². The number of nitrogens with one attached hydrogen (secondary N) is 3. The second-order valence-corrected chi connectivity index (χ2v) is 8.31. The van der Waals surface area contributed by atoms with E-state index in [1.807, 2.05) is 13.0 Å². The normalized spacial score (nSPS) is 21.7. The molecular formula is C18H23ClFN3OS+2. The molecule has 7 heteroatoms. The summed E-state index contributed by atoms with van der Waals surface area (Å²) in [7, 11) is 0. The van der Waals surface area contributed by atoms with Crippen LogP contribution in [-0.2, 0) is 11.3 Å². The number of amides is 1. The van der Waals surface area contributed by atoms with Gasteiger partial charge in [0.25, 0.3) is 5.91 Å². The number of quaternary nitrogens is 2. The number of halogens is 2. The zero-order valence-corrected chi connectivity index (χ0v) is 15.7. The first-order valence-electron chi connectivity index (χ1n) is 8.50. The average Bonchev–Trinajstić information content (AvgIpc) is 3.02. The van der Waals surface area contributed by atoms with Gasteiger partial charge >= 0.3 is 0 Å². The molecule has 1 aliphatic heterocycles. The number of piperazine rings is 1. The van der Waals surface area contributed by atoms with E-state index in [2.05, 4.69) is 11.4 Å². The van der Waals surface area contributed by atoms with Crippen LogP contribution in [0.3, 0.4) is 0 Å². The van der Waals surface area contributed by atoms with Gasteiger partial charge in [-0.25, -0.2) is 4.39 Å². The van der Waals surface area contributed by atoms with Gasteiger partial charge in [-0.3, -0.25) is 4.79 Å². The summed E-state index contributed by atoms with van der Waals surface area (Å²) < 4.78 is 13.8. The summed E-state index contributed by atoms with van der Waals surface area (Å²) in [6.07, 6.45) is 0. The molecule has 0 spiro atoms. The third-order valence-electron chi connectivity index (χ3n) is 4.77. The number of hydrogen-bond acceptors (Lipinski definition) is 2. The minimum Gasteiger partial charge on any atom is -0.321 e.